The van der Waals surface area contributed by atoms with Gasteiger partial charge in [-0.3, -0.25) is 9.78 Å². The summed E-state index contributed by atoms with van der Waals surface area (Å²) in [5, 5.41) is 0. The number of nitrogens with zero attached hydrogens (tertiary/aromatic N) is 2. The maximum absolute atomic E-state index is 10.7. The Morgan fingerprint density at radius 1 is 1.40 bits per heavy atom. The van der Waals surface area contributed by atoms with Crippen molar-refractivity contribution in [2.45, 2.75) is 13.5 Å². The first-order valence-corrected chi connectivity index (χ1v) is 4.81. The van der Waals surface area contributed by atoms with Crippen LogP contribution in [0.25, 0.3) is 0 Å². The fourth-order valence-corrected chi connectivity index (χ4v) is 1.47. The third-order valence-electron chi connectivity index (χ3n) is 2.31. The van der Waals surface area contributed by atoms with E-state index < -0.39 is 0 Å². The lowest BCUT2D eigenvalue weighted by atomic mass is 10.2. The second-order valence-corrected chi connectivity index (χ2v) is 3.49. The first-order chi connectivity index (χ1) is 7.29. The van der Waals surface area contributed by atoms with Gasteiger partial charge < -0.3 is 4.57 Å². The van der Waals surface area contributed by atoms with Gasteiger partial charge in [0.05, 0.1) is 5.69 Å². The average molecular weight is 200 g/mol. The van der Waals surface area contributed by atoms with Crippen LogP contribution in [0.2, 0.25) is 0 Å². The molecule has 0 aliphatic rings. The number of carbonyl (C=O) groups excluding carboxylic acids is 1. The molecule has 76 valence electrons. The Kier molecular flexibility index (Phi) is 2.63. The molecule has 3 heteroatoms. The Labute approximate surface area is 88.4 Å². The number of aldehydes is 1. The molecule has 0 atom stereocenters. The number of pyridine rings is 1. The molecule has 0 spiro atoms. The highest BCUT2D eigenvalue weighted by atomic mass is 16.1. The Morgan fingerprint density at radius 2 is 2.27 bits per heavy atom. The molecule has 2 aromatic rings. The largest absolute Gasteiger partial charge is 0.341 e. The summed E-state index contributed by atoms with van der Waals surface area (Å²) in [5.74, 6) is 0. The molecule has 0 saturated heterocycles. The minimum Gasteiger partial charge on any atom is -0.341 e. The van der Waals surface area contributed by atoms with Crippen molar-refractivity contribution in [3.05, 3.63) is 53.6 Å². The topological polar surface area (TPSA) is 34.9 Å². The lowest BCUT2D eigenvalue weighted by molar-refractivity contribution is 0.111. The summed E-state index contributed by atoms with van der Waals surface area (Å²) in [5.41, 5.74) is 2.79. The van der Waals surface area contributed by atoms with Crippen LogP contribution in [0.4, 0.5) is 0 Å². The van der Waals surface area contributed by atoms with Gasteiger partial charge in [-0.05, 0) is 30.7 Å². The summed E-state index contributed by atoms with van der Waals surface area (Å²) >= 11 is 0. The molecule has 2 aromatic heterocycles. The predicted molar refractivity (Wildman–Crippen MR) is 57.9 cm³/mol. The number of hydrogen-bond acceptors (Lipinski definition) is 2. The van der Waals surface area contributed by atoms with E-state index in [9.17, 15) is 4.79 Å². The molecule has 0 aliphatic heterocycles. The summed E-state index contributed by atoms with van der Waals surface area (Å²) in [7, 11) is 0. The molecule has 3 nitrogen and oxygen atoms in total. The third-order valence-corrected chi connectivity index (χ3v) is 2.31. The minimum absolute atomic E-state index is 0.689. The first kappa shape index (κ1) is 9.65. The summed E-state index contributed by atoms with van der Waals surface area (Å²) < 4.78 is 1.90. The van der Waals surface area contributed by atoms with Gasteiger partial charge in [0.2, 0.25) is 0 Å². The maximum Gasteiger partial charge on any atom is 0.166 e. The van der Waals surface area contributed by atoms with E-state index in [0.29, 0.717) is 12.2 Å². The highest BCUT2D eigenvalue weighted by molar-refractivity contribution is 5.72. The SMILES string of the molecule is Cc1ccc(Cn2cccc2C=O)cn1. The van der Waals surface area contributed by atoms with Crippen molar-refractivity contribution in [3.8, 4) is 0 Å². The number of aromatic nitrogens is 2. The van der Waals surface area contributed by atoms with Crippen LogP contribution < -0.4 is 0 Å². The number of rotatable bonds is 3. The summed E-state index contributed by atoms with van der Waals surface area (Å²) in [6.07, 6.45) is 4.59. The second kappa shape index (κ2) is 4.09. The predicted octanol–water partition coefficient (Wildman–Crippen LogP) is 2.05. The molecular formula is C12H12N2O. The Bertz CT molecular complexity index is 457. The molecule has 0 radical (unpaired) electrons. The van der Waals surface area contributed by atoms with E-state index in [1.807, 2.05) is 42.1 Å². The smallest absolute Gasteiger partial charge is 0.166 e. The van der Waals surface area contributed by atoms with Crippen LogP contribution in [0, 0.1) is 6.92 Å². The van der Waals surface area contributed by atoms with E-state index in [4.69, 9.17) is 0 Å². The Morgan fingerprint density at radius 3 is 2.93 bits per heavy atom. The fourth-order valence-electron chi connectivity index (χ4n) is 1.47. The van der Waals surface area contributed by atoms with Crippen LogP contribution >= 0.6 is 0 Å². The molecule has 0 aliphatic carbocycles. The van der Waals surface area contributed by atoms with Crippen molar-refractivity contribution >= 4 is 6.29 Å². The van der Waals surface area contributed by atoms with Crippen LogP contribution in [0.3, 0.4) is 0 Å². The summed E-state index contributed by atoms with van der Waals surface area (Å²) in [4.78, 5) is 14.9. The molecular weight excluding hydrogens is 188 g/mol. The van der Waals surface area contributed by atoms with Crippen molar-refractivity contribution in [3.63, 3.8) is 0 Å². The van der Waals surface area contributed by atoms with Gasteiger partial charge in [-0.1, -0.05) is 6.07 Å². The van der Waals surface area contributed by atoms with Crippen LogP contribution in [0.1, 0.15) is 21.7 Å². The lowest BCUT2D eigenvalue weighted by Gasteiger charge is -2.05. The van der Waals surface area contributed by atoms with Crippen molar-refractivity contribution in [1.82, 2.24) is 9.55 Å². The van der Waals surface area contributed by atoms with Crippen LogP contribution in [-0.2, 0) is 6.54 Å². The zero-order valence-electron chi connectivity index (χ0n) is 8.55. The third kappa shape index (κ3) is 2.13. The van der Waals surface area contributed by atoms with E-state index in [1.165, 1.54) is 0 Å². The molecule has 0 N–H and O–H groups in total. The van der Waals surface area contributed by atoms with Crippen LogP contribution in [0.5, 0.6) is 0 Å². The van der Waals surface area contributed by atoms with Gasteiger partial charge in [-0.2, -0.15) is 0 Å². The number of aryl methyl sites for hydroxylation is 1. The molecule has 0 saturated carbocycles. The first-order valence-electron chi connectivity index (χ1n) is 4.81. The zero-order chi connectivity index (χ0) is 10.7. The van der Waals surface area contributed by atoms with E-state index >= 15 is 0 Å². The fraction of sp³-hybridized carbons (Fsp3) is 0.167. The van der Waals surface area contributed by atoms with Crippen molar-refractivity contribution in [2.24, 2.45) is 0 Å². The van der Waals surface area contributed by atoms with Gasteiger partial charge in [0.25, 0.3) is 0 Å². The number of carbonyl (C=O) groups is 1. The monoisotopic (exact) mass is 200 g/mol. The molecule has 2 rings (SSSR count). The summed E-state index contributed by atoms with van der Waals surface area (Å²) in [6.45, 7) is 2.64. The standard InChI is InChI=1S/C12H12N2O/c1-10-4-5-11(7-13-10)8-14-6-2-3-12(14)9-15/h2-7,9H,8H2,1H3. The molecule has 0 bridgehead atoms. The van der Waals surface area contributed by atoms with Gasteiger partial charge in [-0.25, -0.2) is 0 Å². The van der Waals surface area contributed by atoms with Gasteiger partial charge >= 0.3 is 0 Å². The lowest BCUT2D eigenvalue weighted by Crippen LogP contribution is -2.02. The van der Waals surface area contributed by atoms with Gasteiger partial charge in [0, 0.05) is 24.6 Å². The van der Waals surface area contributed by atoms with Crippen molar-refractivity contribution in [2.75, 3.05) is 0 Å². The van der Waals surface area contributed by atoms with Crippen molar-refractivity contribution in [1.29, 1.82) is 0 Å². The van der Waals surface area contributed by atoms with Crippen LogP contribution in [0.15, 0.2) is 36.7 Å². The van der Waals surface area contributed by atoms with Crippen LogP contribution in [-0.4, -0.2) is 15.8 Å². The van der Waals surface area contributed by atoms with E-state index in [1.54, 1.807) is 6.07 Å². The molecule has 15 heavy (non-hydrogen) atoms. The van der Waals surface area contributed by atoms with E-state index in [0.717, 1.165) is 17.5 Å². The van der Waals surface area contributed by atoms with E-state index in [-0.39, 0.29) is 0 Å². The Balaban J connectivity index is 2.21. The van der Waals surface area contributed by atoms with Gasteiger partial charge in [0.15, 0.2) is 6.29 Å². The maximum atomic E-state index is 10.7. The molecule has 0 aromatic carbocycles. The number of hydrogen-bond donors (Lipinski definition) is 0. The molecule has 0 amide bonds. The Hall–Kier alpha value is -1.90. The molecule has 0 unspecified atom stereocenters. The van der Waals surface area contributed by atoms with Crippen molar-refractivity contribution < 1.29 is 4.79 Å². The van der Waals surface area contributed by atoms with E-state index in [2.05, 4.69) is 4.98 Å². The van der Waals surface area contributed by atoms with Gasteiger partial charge in [-0.15, -0.1) is 0 Å². The highest BCUT2D eigenvalue weighted by Crippen LogP contribution is 2.06. The highest BCUT2D eigenvalue weighted by Gasteiger charge is 2.00. The second-order valence-electron chi connectivity index (χ2n) is 3.49. The average Bonchev–Trinajstić information content (AvgIpc) is 2.69. The molecule has 2 heterocycles. The molecule has 0 fully saturated rings. The quantitative estimate of drug-likeness (QED) is 0.711. The summed E-state index contributed by atoms with van der Waals surface area (Å²) in [6, 6.07) is 7.66. The zero-order valence-corrected chi connectivity index (χ0v) is 8.55. The minimum atomic E-state index is 0.689. The normalized spacial score (nSPS) is 10.2. The van der Waals surface area contributed by atoms with Gasteiger partial charge in [0.1, 0.15) is 0 Å².